The summed E-state index contributed by atoms with van der Waals surface area (Å²) in [6.45, 7) is 1.80. The monoisotopic (exact) mass is 212 g/mol. The largest absolute Gasteiger partial charge is 0.391 e. The Kier molecular flexibility index (Phi) is 5.52. The second-order valence-electron chi connectivity index (χ2n) is 3.14. The number of rotatable bonds is 5. The van der Waals surface area contributed by atoms with Crippen LogP contribution in [0.3, 0.4) is 0 Å². The molecule has 6 heteroatoms. The van der Waals surface area contributed by atoms with Crippen LogP contribution in [-0.4, -0.2) is 31.7 Å². The van der Waals surface area contributed by atoms with Crippen molar-refractivity contribution in [2.75, 3.05) is 13.6 Å². The number of halogens is 3. The number of hydrogen-bond donors (Lipinski definition) is 2. The van der Waals surface area contributed by atoms with Gasteiger partial charge >= 0.3 is 6.18 Å². The van der Waals surface area contributed by atoms with E-state index in [9.17, 15) is 18.0 Å². The van der Waals surface area contributed by atoms with Crippen LogP contribution in [0.2, 0.25) is 0 Å². The van der Waals surface area contributed by atoms with Gasteiger partial charge in [0, 0.05) is 19.0 Å². The summed E-state index contributed by atoms with van der Waals surface area (Å²) in [6.07, 6.45) is -5.02. The first-order valence-electron chi connectivity index (χ1n) is 4.36. The van der Waals surface area contributed by atoms with Crippen molar-refractivity contribution >= 4 is 5.91 Å². The van der Waals surface area contributed by atoms with E-state index >= 15 is 0 Å². The highest BCUT2D eigenvalue weighted by molar-refractivity contribution is 5.76. The van der Waals surface area contributed by atoms with Crippen LogP contribution in [0.5, 0.6) is 0 Å². The molecule has 1 atom stereocenters. The summed E-state index contributed by atoms with van der Waals surface area (Å²) in [4.78, 5) is 11.0. The molecule has 0 aromatic rings. The highest BCUT2D eigenvalue weighted by Gasteiger charge is 2.30. The van der Waals surface area contributed by atoms with Crippen molar-refractivity contribution in [3.05, 3.63) is 0 Å². The van der Waals surface area contributed by atoms with Gasteiger partial charge in [0.25, 0.3) is 0 Å². The number of nitrogens with one attached hydrogen (secondary N) is 2. The Hall–Kier alpha value is -0.780. The van der Waals surface area contributed by atoms with E-state index in [1.807, 2.05) is 0 Å². The third kappa shape index (κ3) is 7.85. The van der Waals surface area contributed by atoms with Gasteiger partial charge in [0.2, 0.25) is 5.91 Å². The maximum atomic E-state index is 11.8. The van der Waals surface area contributed by atoms with Gasteiger partial charge in [-0.3, -0.25) is 4.79 Å². The molecule has 3 nitrogen and oxygen atoms in total. The van der Waals surface area contributed by atoms with E-state index in [0.29, 0.717) is 6.54 Å². The van der Waals surface area contributed by atoms with Crippen LogP contribution in [-0.2, 0) is 4.79 Å². The highest BCUT2D eigenvalue weighted by Crippen LogP contribution is 2.21. The van der Waals surface area contributed by atoms with E-state index in [1.165, 1.54) is 6.92 Å². The molecule has 0 aromatic carbocycles. The minimum absolute atomic E-state index is 0.193. The summed E-state index contributed by atoms with van der Waals surface area (Å²) < 4.78 is 35.5. The van der Waals surface area contributed by atoms with E-state index in [2.05, 4.69) is 10.6 Å². The van der Waals surface area contributed by atoms with Crippen LogP contribution in [0.4, 0.5) is 13.2 Å². The van der Waals surface area contributed by atoms with Crippen LogP contribution >= 0.6 is 0 Å². The summed E-state index contributed by atoms with van der Waals surface area (Å²) >= 11 is 0. The second-order valence-corrected chi connectivity index (χ2v) is 3.14. The second kappa shape index (κ2) is 5.85. The van der Waals surface area contributed by atoms with Crippen molar-refractivity contribution in [3.8, 4) is 0 Å². The fraction of sp³-hybridized carbons (Fsp3) is 0.875. The molecule has 0 saturated carbocycles. The Morgan fingerprint density at radius 3 is 2.43 bits per heavy atom. The fourth-order valence-corrected chi connectivity index (χ4v) is 0.984. The van der Waals surface area contributed by atoms with Gasteiger partial charge in [-0.15, -0.1) is 0 Å². The fourth-order valence-electron chi connectivity index (χ4n) is 0.984. The van der Waals surface area contributed by atoms with Gasteiger partial charge in [0.1, 0.15) is 0 Å². The predicted molar refractivity (Wildman–Crippen MR) is 46.8 cm³/mol. The summed E-state index contributed by atoms with van der Waals surface area (Å²) in [5.41, 5.74) is 0. The van der Waals surface area contributed by atoms with Gasteiger partial charge in [-0.05, 0) is 14.0 Å². The maximum Gasteiger partial charge on any atom is 0.391 e. The lowest BCUT2D eigenvalue weighted by molar-refractivity contribution is -0.141. The Morgan fingerprint density at radius 1 is 1.43 bits per heavy atom. The number of alkyl halides is 3. The first-order valence-corrected chi connectivity index (χ1v) is 4.36. The molecule has 0 saturated heterocycles. The van der Waals surface area contributed by atoms with Crippen molar-refractivity contribution in [1.82, 2.24) is 10.6 Å². The predicted octanol–water partition coefficient (Wildman–Crippen LogP) is 1.05. The molecule has 14 heavy (non-hydrogen) atoms. The maximum absolute atomic E-state index is 11.8. The minimum atomic E-state index is -4.23. The van der Waals surface area contributed by atoms with E-state index in [1.54, 1.807) is 7.05 Å². The summed E-state index contributed by atoms with van der Waals surface area (Å²) in [6, 6.07) is -0.862. The standard InChI is InChI=1S/C8H15F3N2O/c1-6(5-8(9,10)11)13-7(14)3-4-12-2/h6,12H,3-5H2,1-2H3,(H,13,14). The van der Waals surface area contributed by atoms with Crippen LogP contribution < -0.4 is 10.6 Å². The van der Waals surface area contributed by atoms with Crippen LogP contribution in [0.1, 0.15) is 19.8 Å². The molecule has 0 rings (SSSR count). The minimum Gasteiger partial charge on any atom is -0.353 e. The molecule has 84 valence electrons. The molecule has 0 aliphatic rings. The molecule has 0 aliphatic carbocycles. The van der Waals surface area contributed by atoms with E-state index in [4.69, 9.17) is 0 Å². The normalized spacial score (nSPS) is 13.8. The number of amides is 1. The van der Waals surface area contributed by atoms with E-state index < -0.39 is 18.6 Å². The zero-order chi connectivity index (χ0) is 11.2. The number of hydrogen-bond acceptors (Lipinski definition) is 2. The molecular formula is C8H15F3N2O. The Morgan fingerprint density at radius 2 is 2.00 bits per heavy atom. The van der Waals surface area contributed by atoms with Crippen LogP contribution in [0.25, 0.3) is 0 Å². The number of carbonyl (C=O) groups excluding carboxylic acids is 1. The molecule has 0 fully saturated rings. The number of carbonyl (C=O) groups is 1. The zero-order valence-electron chi connectivity index (χ0n) is 8.24. The SMILES string of the molecule is CNCCC(=O)NC(C)CC(F)(F)F. The van der Waals surface area contributed by atoms with Crippen molar-refractivity contribution in [1.29, 1.82) is 0 Å². The van der Waals surface area contributed by atoms with Gasteiger partial charge in [-0.2, -0.15) is 13.2 Å². The third-order valence-electron chi connectivity index (χ3n) is 1.55. The van der Waals surface area contributed by atoms with Crippen molar-refractivity contribution < 1.29 is 18.0 Å². The van der Waals surface area contributed by atoms with Crippen molar-refractivity contribution in [2.24, 2.45) is 0 Å². The van der Waals surface area contributed by atoms with Gasteiger partial charge in [0.15, 0.2) is 0 Å². The van der Waals surface area contributed by atoms with Crippen molar-refractivity contribution in [2.45, 2.75) is 32.0 Å². The lowest BCUT2D eigenvalue weighted by atomic mass is 10.2. The lowest BCUT2D eigenvalue weighted by Gasteiger charge is -2.15. The first-order chi connectivity index (χ1) is 6.35. The quantitative estimate of drug-likeness (QED) is 0.715. The first kappa shape index (κ1) is 13.2. The molecule has 0 aromatic heterocycles. The molecule has 2 N–H and O–H groups in total. The average molecular weight is 212 g/mol. The van der Waals surface area contributed by atoms with Crippen LogP contribution in [0, 0.1) is 0 Å². The molecule has 1 amide bonds. The summed E-state index contributed by atoms with van der Waals surface area (Å²) in [7, 11) is 1.67. The Labute approximate surface area is 81.1 Å². The van der Waals surface area contributed by atoms with Gasteiger partial charge in [0.05, 0.1) is 6.42 Å². The molecule has 0 aliphatic heterocycles. The summed E-state index contributed by atoms with van der Waals surface area (Å²) in [5.74, 6) is -0.365. The molecule has 0 heterocycles. The highest BCUT2D eigenvalue weighted by atomic mass is 19.4. The molecule has 0 radical (unpaired) electrons. The van der Waals surface area contributed by atoms with Gasteiger partial charge < -0.3 is 10.6 Å². The third-order valence-corrected chi connectivity index (χ3v) is 1.55. The van der Waals surface area contributed by atoms with Crippen LogP contribution in [0.15, 0.2) is 0 Å². The zero-order valence-corrected chi connectivity index (χ0v) is 8.24. The Bertz CT molecular complexity index is 182. The molecule has 1 unspecified atom stereocenters. The smallest absolute Gasteiger partial charge is 0.353 e. The summed E-state index contributed by atoms with van der Waals surface area (Å²) in [5, 5.41) is 5.01. The molecule has 0 bridgehead atoms. The Balaban J connectivity index is 3.71. The van der Waals surface area contributed by atoms with Gasteiger partial charge in [-0.1, -0.05) is 0 Å². The van der Waals surface area contributed by atoms with Gasteiger partial charge in [-0.25, -0.2) is 0 Å². The average Bonchev–Trinajstić information content (AvgIpc) is 1.96. The lowest BCUT2D eigenvalue weighted by Crippen LogP contribution is -2.36. The topological polar surface area (TPSA) is 41.1 Å². The van der Waals surface area contributed by atoms with E-state index in [-0.39, 0.29) is 12.3 Å². The van der Waals surface area contributed by atoms with E-state index in [0.717, 1.165) is 0 Å². The molecule has 0 spiro atoms. The molecular weight excluding hydrogens is 197 g/mol. The van der Waals surface area contributed by atoms with Crippen molar-refractivity contribution in [3.63, 3.8) is 0 Å².